The van der Waals surface area contributed by atoms with Gasteiger partial charge in [-0.2, -0.15) is 5.26 Å². The van der Waals surface area contributed by atoms with E-state index < -0.39 is 11.3 Å². The Kier molecular flexibility index (Phi) is 2.45. The average Bonchev–Trinajstić information content (AvgIpc) is 2.99. The van der Waals surface area contributed by atoms with Crippen LogP contribution in [0.3, 0.4) is 0 Å². The number of hydrogen-bond donors (Lipinski definition) is 0. The van der Waals surface area contributed by atoms with Crippen molar-refractivity contribution in [1.29, 1.82) is 5.26 Å². The molecule has 0 saturated carbocycles. The van der Waals surface area contributed by atoms with Gasteiger partial charge in [0.05, 0.1) is 18.0 Å². The van der Waals surface area contributed by atoms with Gasteiger partial charge >= 0.3 is 0 Å². The van der Waals surface area contributed by atoms with Gasteiger partial charge in [-0.15, -0.1) is 0 Å². The number of allylic oxidation sites excluding steroid dienone is 1. The molecule has 2 aliphatic rings. The monoisotopic (exact) mass is 270 g/mol. The van der Waals surface area contributed by atoms with E-state index in [0.717, 1.165) is 11.5 Å². The molecule has 4 heteroatoms. The largest absolute Gasteiger partial charge is 0.464 e. The molecule has 0 bridgehead atoms. The van der Waals surface area contributed by atoms with Crippen molar-refractivity contribution in [3.63, 3.8) is 0 Å². The second kappa shape index (κ2) is 3.77. The van der Waals surface area contributed by atoms with Gasteiger partial charge in [-0.1, -0.05) is 19.9 Å². The molecule has 1 fully saturated rings. The van der Waals surface area contributed by atoms with Gasteiger partial charge in [0.1, 0.15) is 5.60 Å². The van der Waals surface area contributed by atoms with Crippen molar-refractivity contribution < 1.29 is 9.15 Å². The predicted molar refractivity (Wildman–Crippen MR) is 74.0 cm³/mol. The van der Waals surface area contributed by atoms with Gasteiger partial charge in [-0.3, -0.25) is 0 Å². The van der Waals surface area contributed by atoms with Crippen LogP contribution < -0.4 is 0 Å². The molecule has 104 valence electrons. The molecule has 1 unspecified atom stereocenters. The summed E-state index contributed by atoms with van der Waals surface area (Å²) in [5, 5.41) is 9.07. The first-order valence-electron chi connectivity index (χ1n) is 6.68. The highest BCUT2D eigenvalue weighted by molar-refractivity contribution is 5.38. The third kappa shape index (κ3) is 1.39. The fourth-order valence-electron chi connectivity index (χ4n) is 3.19. The Labute approximate surface area is 118 Å². The summed E-state index contributed by atoms with van der Waals surface area (Å²) < 4.78 is 12.1. The molecule has 1 saturated heterocycles. The Morgan fingerprint density at radius 1 is 1.30 bits per heavy atom. The Morgan fingerprint density at radius 3 is 2.65 bits per heavy atom. The SMILES string of the molecule is CC1(C)OC2(c3ccco3)N(C=CC2(C)C)/C1=C\C#N. The van der Waals surface area contributed by atoms with E-state index in [0.29, 0.717) is 0 Å². The lowest BCUT2D eigenvalue weighted by Gasteiger charge is -2.40. The summed E-state index contributed by atoms with van der Waals surface area (Å²) in [6.45, 7) is 8.17. The minimum Gasteiger partial charge on any atom is -0.464 e. The van der Waals surface area contributed by atoms with Gasteiger partial charge in [-0.25, -0.2) is 0 Å². The number of nitrogens with zero attached hydrogens (tertiary/aromatic N) is 2. The van der Waals surface area contributed by atoms with E-state index in [1.807, 2.05) is 37.1 Å². The standard InChI is InChI=1S/C16H18N2O2/c1-14(2)8-10-18-12(7-9-17)15(3,4)20-16(14,18)13-6-5-11-19-13/h5-8,10-11H,1-4H3/b12-7-. The molecule has 4 nitrogen and oxygen atoms in total. The van der Waals surface area contributed by atoms with E-state index in [9.17, 15) is 0 Å². The predicted octanol–water partition coefficient (Wildman–Crippen LogP) is 3.50. The highest BCUT2D eigenvalue weighted by Crippen LogP contribution is 2.60. The molecule has 0 aliphatic carbocycles. The van der Waals surface area contributed by atoms with Crippen LogP contribution in [0.4, 0.5) is 0 Å². The van der Waals surface area contributed by atoms with E-state index in [-0.39, 0.29) is 5.41 Å². The lowest BCUT2D eigenvalue weighted by atomic mass is 9.81. The van der Waals surface area contributed by atoms with Crippen LogP contribution in [0.25, 0.3) is 0 Å². The summed E-state index contributed by atoms with van der Waals surface area (Å²) in [6.07, 6.45) is 7.28. The zero-order chi connectivity index (χ0) is 14.6. The van der Waals surface area contributed by atoms with Crippen LogP contribution >= 0.6 is 0 Å². The normalized spacial score (nSPS) is 31.6. The topological polar surface area (TPSA) is 49.4 Å². The quantitative estimate of drug-likeness (QED) is 0.733. The molecule has 0 spiro atoms. The van der Waals surface area contributed by atoms with Gasteiger partial charge in [0.25, 0.3) is 0 Å². The minimum atomic E-state index is -0.733. The first kappa shape index (κ1) is 13.0. The molecule has 0 radical (unpaired) electrons. The highest BCUT2D eigenvalue weighted by atomic mass is 16.6. The average molecular weight is 270 g/mol. The van der Waals surface area contributed by atoms with Crippen molar-refractivity contribution in [2.24, 2.45) is 5.41 Å². The lowest BCUT2D eigenvalue weighted by molar-refractivity contribution is -0.180. The molecule has 3 heterocycles. The maximum Gasteiger partial charge on any atom is 0.213 e. The number of nitriles is 1. The molecular weight excluding hydrogens is 252 g/mol. The van der Waals surface area contributed by atoms with E-state index in [1.165, 1.54) is 0 Å². The van der Waals surface area contributed by atoms with Gasteiger partial charge in [-0.05, 0) is 26.0 Å². The molecule has 0 aromatic carbocycles. The second-order valence-electron chi connectivity index (χ2n) is 6.30. The Hall–Kier alpha value is -1.99. The molecule has 0 amide bonds. The minimum absolute atomic E-state index is 0.271. The van der Waals surface area contributed by atoms with Crippen LogP contribution in [-0.4, -0.2) is 10.5 Å². The van der Waals surface area contributed by atoms with Crippen molar-refractivity contribution in [3.8, 4) is 6.07 Å². The van der Waals surface area contributed by atoms with Crippen LogP contribution in [0.2, 0.25) is 0 Å². The van der Waals surface area contributed by atoms with Crippen LogP contribution in [-0.2, 0) is 10.5 Å². The molecule has 1 aromatic heterocycles. The fraction of sp³-hybridized carbons (Fsp3) is 0.438. The van der Waals surface area contributed by atoms with E-state index in [4.69, 9.17) is 14.4 Å². The highest BCUT2D eigenvalue weighted by Gasteiger charge is 2.64. The van der Waals surface area contributed by atoms with E-state index in [2.05, 4.69) is 26.0 Å². The van der Waals surface area contributed by atoms with Gasteiger partial charge in [0, 0.05) is 17.7 Å². The lowest BCUT2D eigenvalue weighted by Crippen LogP contribution is -2.46. The van der Waals surface area contributed by atoms with Crippen LogP contribution in [0, 0.1) is 16.7 Å². The van der Waals surface area contributed by atoms with Crippen molar-refractivity contribution in [2.75, 3.05) is 0 Å². The van der Waals surface area contributed by atoms with Crippen LogP contribution in [0.1, 0.15) is 33.5 Å². The molecule has 1 atom stereocenters. The summed E-state index contributed by atoms with van der Waals surface area (Å²) >= 11 is 0. The number of hydrogen-bond acceptors (Lipinski definition) is 4. The number of furan rings is 1. The maximum atomic E-state index is 9.07. The van der Waals surface area contributed by atoms with Gasteiger partial charge in [0.2, 0.25) is 5.72 Å². The van der Waals surface area contributed by atoms with E-state index in [1.54, 1.807) is 12.3 Å². The smallest absolute Gasteiger partial charge is 0.213 e. The summed E-state index contributed by atoms with van der Waals surface area (Å²) in [4.78, 5) is 2.02. The summed E-state index contributed by atoms with van der Waals surface area (Å²) in [5.74, 6) is 0.752. The van der Waals surface area contributed by atoms with Crippen LogP contribution in [0.15, 0.2) is 46.9 Å². The summed E-state index contributed by atoms with van der Waals surface area (Å²) in [5.41, 5.74) is -0.710. The molecule has 1 aromatic rings. The molecular formula is C16H18N2O2. The molecule has 0 N–H and O–H groups in total. The number of fused-ring (bicyclic) bond motifs is 1. The first-order chi connectivity index (χ1) is 9.35. The molecule has 20 heavy (non-hydrogen) atoms. The zero-order valence-electron chi connectivity index (χ0n) is 12.2. The number of rotatable bonds is 1. The third-order valence-corrected chi connectivity index (χ3v) is 4.19. The summed E-state index contributed by atoms with van der Waals surface area (Å²) in [6, 6.07) is 5.90. The van der Waals surface area contributed by atoms with Gasteiger partial charge < -0.3 is 14.1 Å². The Bertz CT molecular complexity index is 632. The first-order valence-corrected chi connectivity index (χ1v) is 6.68. The van der Waals surface area contributed by atoms with Crippen molar-refractivity contribution in [3.05, 3.63) is 48.2 Å². The third-order valence-electron chi connectivity index (χ3n) is 4.19. The molecule has 2 aliphatic heterocycles. The molecule has 3 rings (SSSR count). The van der Waals surface area contributed by atoms with Crippen molar-refractivity contribution in [2.45, 2.75) is 39.0 Å². The maximum absolute atomic E-state index is 9.07. The van der Waals surface area contributed by atoms with Crippen LogP contribution in [0.5, 0.6) is 0 Å². The zero-order valence-corrected chi connectivity index (χ0v) is 12.2. The summed E-state index contributed by atoms with van der Waals surface area (Å²) in [7, 11) is 0. The number of ether oxygens (including phenoxy) is 1. The second-order valence-corrected chi connectivity index (χ2v) is 6.30. The Balaban J connectivity index is 2.25. The van der Waals surface area contributed by atoms with E-state index >= 15 is 0 Å². The van der Waals surface area contributed by atoms with Crippen molar-refractivity contribution >= 4 is 0 Å². The van der Waals surface area contributed by atoms with Gasteiger partial charge in [0.15, 0.2) is 5.76 Å². The Morgan fingerprint density at radius 2 is 2.05 bits per heavy atom. The van der Waals surface area contributed by atoms with Crippen molar-refractivity contribution in [1.82, 2.24) is 4.90 Å². The fourth-order valence-corrected chi connectivity index (χ4v) is 3.19.